The third kappa shape index (κ3) is 1.49. The summed E-state index contributed by atoms with van der Waals surface area (Å²) in [4.78, 5) is 5.83. The highest BCUT2D eigenvalue weighted by Gasteiger charge is 2.15. The van der Waals surface area contributed by atoms with Gasteiger partial charge in [0.25, 0.3) is 0 Å². The van der Waals surface area contributed by atoms with E-state index in [0.29, 0.717) is 11.9 Å². The molecule has 1 heterocycles. The van der Waals surface area contributed by atoms with Crippen LogP contribution in [0.2, 0.25) is 0 Å². The molecule has 0 radical (unpaired) electrons. The van der Waals surface area contributed by atoms with E-state index in [1.807, 2.05) is 31.9 Å². The first kappa shape index (κ1) is 8.84. The second-order valence-corrected chi connectivity index (χ2v) is 3.16. The largest absolute Gasteiger partial charge is 0.493 e. The quantitative estimate of drug-likeness (QED) is 0.647. The van der Waals surface area contributed by atoms with Gasteiger partial charge in [-0.2, -0.15) is 4.99 Å². The molecule has 66 valence electrons. The second kappa shape index (κ2) is 3.01. The molecule has 0 saturated heterocycles. The maximum Gasteiger partial charge on any atom is 0.217 e. The highest BCUT2D eigenvalue weighted by molar-refractivity contribution is 5.92. The van der Waals surface area contributed by atoms with Gasteiger partial charge in [-0.1, -0.05) is 6.58 Å². The van der Waals surface area contributed by atoms with Crippen LogP contribution in [0.4, 0.5) is 0 Å². The van der Waals surface area contributed by atoms with Gasteiger partial charge in [0, 0.05) is 17.8 Å². The molecule has 0 saturated carbocycles. The van der Waals surface area contributed by atoms with Gasteiger partial charge < -0.3 is 10.0 Å². The Kier molecular flexibility index (Phi) is 2.22. The Balaban J connectivity index is 2.92. The molecule has 3 heteroatoms. The van der Waals surface area contributed by atoms with Crippen molar-refractivity contribution in [2.75, 3.05) is 0 Å². The van der Waals surface area contributed by atoms with Gasteiger partial charge >= 0.3 is 0 Å². The number of rotatable bonds is 1. The summed E-state index contributed by atoms with van der Waals surface area (Å²) >= 11 is 0. The van der Waals surface area contributed by atoms with Crippen LogP contribution in [0.1, 0.15) is 20.8 Å². The molecule has 0 amide bonds. The predicted octanol–water partition coefficient (Wildman–Crippen LogP) is 2.04. The number of nitrogens with zero attached hydrogens (tertiary/aromatic N) is 2. The average Bonchev–Trinajstić information content (AvgIpc) is 1.96. The smallest absolute Gasteiger partial charge is 0.217 e. The summed E-state index contributed by atoms with van der Waals surface area (Å²) < 4.78 is 0. The molecular formula is C9H14N2O. The molecule has 0 unspecified atom stereocenters. The van der Waals surface area contributed by atoms with E-state index in [1.54, 1.807) is 0 Å². The van der Waals surface area contributed by atoms with Gasteiger partial charge in [-0.3, -0.25) is 0 Å². The fraction of sp³-hybridized carbons (Fsp3) is 0.444. The first-order chi connectivity index (χ1) is 5.52. The lowest BCUT2D eigenvalue weighted by Crippen LogP contribution is -2.27. The molecule has 1 N–H and O–H groups in total. The van der Waals surface area contributed by atoms with Gasteiger partial charge in [0.05, 0.1) is 0 Å². The van der Waals surface area contributed by atoms with Crippen LogP contribution in [0, 0.1) is 0 Å². The van der Waals surface area contributed by atoms with Crippen LogP contribution < -0.4 is 0 Å². The summed E-state index contributed by atoms with van der Waals surface area (Å²) in [6.07, 6.45) is 1.86. The molecule has 12 heavy (non-hydrogen) atoms. The first-order valence-corrected chi connectivity index (χ1v) is 3.96. The van der Waals surface area contributed by atoms with Crippen LogP contribution in [-0.2, 0) is 0 Å². The fourth-order valence-electron chi connectivity index (χ4n) is 1.06. The lowest BCUT2D eigenvalue weighted by molar-refractivity contribution is 0.371. The van der Waals surface area contributed by atoms with E-state index in [4.69, 9.17) is 0 Å². The van der Waals surface area contributed by atoms with Crippen molar-refractivity contribution in [3.05, 3.63) is 24.2 Å². The highest BCUT2D eigenvalue weighted by Crippen LogP contribution is 2.17. The Morgan fingerprint density at radius 2 is 2.17 bits per heavy atom. The van der Waals surface area contributed by atoms with E-state index in [-0.39, 0.29) is 5.90 Å². The standard InChI is InChI=1S/C9H14N2O/c1-6(2)11-5-7(3)9(12)10-8(11)4/h5-6H,4H2,1-3H3,(H,10,12). The molecule has 0 bridgehead atoms. The second-order valence-electron chi connectivity index (χ2n) is 3.16. The number of aliphatic imine (C=N–C) groups is 1. The highest BCUT2D eigenvalue weighted by atomic mass is 16.3. The van der Waals surface area contributed by atoms with Gasteiger partial charge in [-0.05, 0) is 20.8 Å². The molecular weight excluding hydrogens is 152 g/mol. The van der Waals surface area contributed by atoms with Crippen LogP contribution in [0.15, 0.2) is 29.2 Å². The van der Waals surface area contributed by atoms with Crippen molar-refractivity contribution >= 4 is 5.90 Å². The number of hydrogen-bond acceptors (Lipinski definition) is 2. The zero-order valence-electron chi connectivity index (χ0n) is 7.70. The number of aliphatic hydroxyl groups excluding tert-OH is 1. The minimum atomic E-state index is 0.0666. The van der Waals surface area contributed by atoms with Crippen LogP contribution in [-0.4, -0.2) is 21.9 Å². The van der Waals surface area contributed by atoms with E-state index in [2.05, 4.69) is 11.6 Å². The van der Waals surface area contributed by atoms with Crippen molar-refractivity contribution in [2.24, 2.45) is 4.99 Å². The minimum Gasteiger partial charge on any atom is -0.493 e. The summed E-state index contributed by atoms with van der Waals surface area (Å²) in [5, 5.41) is 9.24. The molecule has 0 fully saturated rings. The summed E-state index contributed by atoms with van der Waals surface area (Å²) in [5.41, 5.74) is 0.774. The Bertz CT molecular complexity index is 264. The van der Waals surface area contributed by atoms with Crippen LogP contribution in [0.25, 0.3) is 0 Å². The fourth-order valence-corrected chi connectivity index (χ4v) is 1.06. The Labute approximate surface area is 72.7 Å². The summed E-state index contributed by atoms with van der Waals surface area (Å²) in [5.74, 6) is 0.657. The average molecular weight is 166 g/mol. The third-order valence-electron chi connectivity index (χ3n) is 1.77. The van der Waals surface area contributed by atoms with Crippen LogP contribution in [0.5, 0.6) is 0 Å². The monoisotopic (exact) mass is 166 g/mol. The van der Waals surface area contributed by atoms with E-state index in [9.17, 15) is 5.11 Å². The van der Waals surface area contributed by atoms with Crippen molar-refractivity contribution in [3.8, 4) is 0 Å². The zero-order chi connectivity index (χ0) is 9.30. The lowest BCUT2D eigenvalue weighted by Gasteiger charge is -2.27. The van der Waals surface area contributed by atoms with E-state index in [1.165, 1.54) is 0 Å². The van der Waals surface area contributed by atoms with Gasteiger partial charge in [0.1, 0.15) is 5.82 Å². The first-order valence-electron chi connectivity index (χ1n) is 3.96. The number of hydrogen-bond donors (Lipinski definition) is 1. The van der Waals surface area contributed by atoms with Crippen molar-refractivity contribution in [2.45, 2.75) is 26.8 Å². The Morgan fingerprint density at radius 3 is 2.67 bits per heavy atom. The molecule has 0 aromatic heterocycles. The van der Waals surface area contributed by atoms with E-state index >= 15 is 0 Å². The third-order valence-corrected chi connectivity index (χ3v) is 1.77. The van der Waals surface area contributed by atoms with E-state index < -0.39 is 0 Å². The molecule has 1 rings (SSSR count). The van der Waals surface area contributed by atoms with Crippen LogP contribution in [0.3, 0.4) is 0 Å². The van der Waals surface area contributed by atoms with Crippen molar-refractivity contribution < 1.29 is 5.11 Å². The molecule has 0 aliphatic carbocycles. The van der Waals surface area contributed by atoms with Crippen molar-refractivity contribution in [1.82, 2.24) is 4.90 Å². The normalized spacial score (nSPS) is 18.0. The van der Waals surface area contributed by atoms with Crippen molar-refractivity contribution in [3.63, 3.8) is 0 Å². The molecule has 0 aromatic rings. The molecule has 0 spiro atoms. The SMILES string of the molecule is C=C1N=C(O)C(C)=CN1C(C)C. The molecule has 0 aromatic carbocycles. The van der Waals surface area contributed by atoms with Crippen LogP contribution >= 0.6 is 0 Å². The molecule has 1 aliphatic heterocycles. The Morgan fingerprint density at radius 1 is 1.58 bits per heavy atom. The lowest BCUT2D eigenvalue weighted by atomic mass is 10.2. The van der Waals surface area contributed by atoms with Gasteiger partial charge in [0.15, 0.2) is 0 Å². The minimum absolute atomic E-state index is 0.0666. The Hall–Kier alpha value is -1.25. The maximum absolute atomic E-state index is 9.24. The number of aliphatic hydroxyl groups is 1. The summed E-state index contributed by atoms with van der Waals surface area (Å²) in [6.45, 7) is 9.65. The zero-order valence-corrected chi connectivity index (χ0v) is 7.70. The topological polar surface area (TPSA) is 35.8 Å². The van der Waals surface area contributed by atoms with Gasteiger partial charge in [0.2, 0.25) is 5.90 Å². The van der Waals surface area contributed by atoms with Crippen molar-refractivity contribution in [1.29, 1.82) is 0 Å². The van der Waals surface area contributed by atoms with E-state index in [0.717, 1.165) is 5.57 Å². The molecule has 0 atom stereocenters. The van der Waals surface area contributed by atoms with Gasteiger partial charge in [-0.15, -0.1) is 0 Å². The molecule has 1 aliphatic rings. The summed E-state index contributed by atoms with van der Waals surface area (Å²) in [6, 6.07) is 0.323. The van der Waals surface area contributed by atoms with Gasteiger partial charge in [-0.25, -0.2) is 0 Å². The summed E-state index contributed by atoms with van der Waals surface area (Å²) in [7, 11) is 0. The molecule has 3 nitrogen and oxygen atoms in total. The maximum atomic E-state index is 9.24. The predicted molar refractivity (Wildman–Crippen MR) is 49.9 cm³/mol.